The van der Waals surface area contributed by atoms with Gasteiger partial charge in [-0.15, -0.1) is 0 Å². The molecular weight excluding hydrogens is 138 g/mol. The molecule has 0 N–H and O–H groups in total. The Labute approximate surface area is 59.4 Å². The summed E-state index contributed by atoms with van der Waals surface area (Å²) in [6.45, 7) is 1.84. The van der Waals surface area contributed by atoms with Gasteiger partial charge in [0.15, 0.2) is 0 Å². The largest absolute Gasteiger partial charge is 0.281 e. The summed E-state index contributed by atoms with van der Waals surface area (Å²) >= 11 is 5.13. The standard InChI is InChI=1S/C6H8ClNO/c1-2-5(3-4-8)6(7)9/h5H,2-3H2,1H3. The van der Waals surface area contributed by atoms with Gasteiger partial charge in [-0.05, 0) is 18.0 Å². The van der Waals surface area contributed by atoms with E-state index in [0.717, 1.165) is 0 Å². The van der Waals surface area contributed by atoms with Crippen molar-refractivity contribution < 1.29 is 4.79 Å². The predicted molar refractivity (Wildman–Crippen MR) is 34.9 cm³/mol. The fourth-order valence-electron chi connectivity index (χ4n) is 0.495. The Balaban J connectivity index is 3.71. The fraction of sp³-hybridized carbons (Fsp3) is 0.667. The minimum Gasteiger partial charge on any atom is -0.281 e. The van der Waals surface area contributed by atoms with Gasteiger partial charge in [0.1, 0.15) is 0 Å². The average Bonchev–Trinajstić information content (AvgIpc) is 1.82. The van der Waals surface area contributed by atoms with Crippen LogP contribution in [-0.2, 0) is 4.79 Å². The zero-order valence-corrected chi connectivity index (χ0v) is 5.98. The van der Waals surface area contributed by atoms with Crippen molar-refractivity contribution in [3.8, 4) is 6.07 Å². The molecule has 0 spiro atoms. The van der Waals surface area contributed by atoms with E-state index in [1.165, 1.54) is 0 Å². The van der Waals surface area contributed by atoms with E-state index in [1.54, 1.807) is 0 Å². The highest BCUT2D eigenvalue weighted by molar-refractivity contribution is 6.63. The van der Waals surface area contributed by atoms with E-state index in [4.69, 9.17) is 16.9 Å². The highest BCUT2D eigenvalue weighted by Crippen LogP contribution is 2.10. The number of hydrogen-bond donors (Lipinski definition) is 0. The van der Waals surface area contributed by atoms with Crippen LogP contribution in [0.15, 0.2) is 0 Å². The number of hydrogen-bond acceptors (Lipinski definition) is 2. The van der Waals surface area contributed by atoms with E-state index in [-0.39, 0.29) is 12.3 Å². The van der Waals surface area contributed by atoms with E-state index in [2.05, 4.69) is 0 Å². The van der Waals surface area contributed by atoms with Crippen molar-refractivity contribution in [1.82, 2.24) is 0 Å². The molecule has 0 rings (SSSR count). The molecule has 0 aromatic carbocycles. The van der Waals surface area contributed by atoms with Crippen molar-refractivity contribution in [2.24, 2.45) is 5.92 Å². The van der Waals surface area contributed by atoms with Crippen LogP contribution in [0.25, 0.3) is 0 Å². The summed E-state index contributed by atoms with van der Waals surface area (Å²) in [6, 6.07) is 1.89. The molecule has 2 nitrogen and oxygen atoms in total. The Morgan fingerprint density at radius 3 is 2.56 bits per heavy atom. The highest BCUT2D eigenvalue weighted by Gasteiger charge is 2.11. The second-order valence-corrected chi connectivity index (χ2v) is 2.14. The van der Waals surface area contributed by atoms with Crippen LogP contribution in [0.3, 0.4) is 0 Å². The van der Waals surface area contributed by atoms with Gasteiger partial charge in [0.25, 0.3) is 0 Å². The second-order valence-electron chi connectivity index (χ2n) is 1.77. The molecule has 0 aliphatic carbocycles. The van der Waals surface area contributed by atoms with Crippen molar-refractivity contribution in [2.45, 2.75) is 19.8 Å². The molecule has 0 aromatic rings. The molecule has 1 atom stereocenters. The summed E-state index contributed by atoms with van der Waals surface area (Å²) in [6.07, 6.45) is 0.884. The van der Waals surface area contributed by atoms with Crippen LogP contribution >= 0.6 is 11.6 Å². The van der Waals surface area contributed by atoms with Gasteiger partial charge in [-0.2, -0.15) is 5.26 Å². The molecular formula is C6H8ClNO. The minimum absolute atomic E-state index is 0.235. The predicted octanol–water partition coefficient (Wildman–Crippen LogP) is 1.69. The molecule has 0 fully saturated rings. The normalized spacial score (nSPS) is 12.1. The first-order valence-corrected chi connectivity index (χ1v) is 3.16. The van der Waals surface area contributed by atoms with Gasteiger partial charge in [0.2, 0.25) is 5.24 Å². The molecule has 0 radical (unpaired) electrons. The fourth-order valence-corrected chi connectivity index (χ4v) is 0.727. The molecule has 0 amide bonds. The van der Waals surface area contributed by atoms with Crippen LogP contribution in [-0.4, -0.2) is 5.24 Å². The molecule has 50 valence electrons. The smallest absolute Gasteiger partial charge is 0.225 e. The maximum absolute atomic E-state index is 10.4. The summed E-state index contributed by atoms with van der Waals surface area (Å²) in [5, 5.41) is 7.75. The van der Waals surface area contributed by atoms with Gasteiger partial charge >= 0.3 is 0 Å². The van der Waals surface area contributed by atoms with Crippen LogP contribution in [0.2, 0.25) is 0 Å². The molecule has 9 heavy (non-hydrogen) atoms. The SMILES string of the molecule is CCC(CC#N)C(=O)Cl. The summed E-state index contributed by atoms with van der Waals surface area (Å²) in [7, 11) is 0. The third kappa shape index (κ3) is 3.10. The van der Waals surface area contributed by atoms with Gasteiger partial charge < -0.3 is 0 Å². The Morgan fingerprint density at radius 1 is 1.89 bits per heavy atom. The minimum atomic E-state index is -0.404. The first-order valence-electron chi connectivity index (χ1n) is 2.78. The molecule has 0 heterocycles. The van der Waals surface area contributed by atoms with E-state index in [0.29, 0.717) is 6.42 Å². The van der Waals surface area contributed by atoms with Crippen LogP contribution in [0.5, 0.6) is 0 Å². The zero-order valence-electron chi connectivity index (χ0n) is 5.22. The second kappa shape index (κ2) is 4.34. The van der Waals surface area contributed by atoms with Crippen LogP contribution in [0.1, 0.15) is 19.8 Å². The van der Waals surface area contributed by atoms with Gasteiger partial charge in [0.05, 0.1) is 6.07 Å². The number of nitrogens with zero attached hydrogens (tertiary/aromatic N) is 1. The Hall–Kier alpha value is -0.550. The number of carbonyl (C=O) groups is 1. The molecule has 0 bridgehead atoms. The number of nitriles is 1. The van der Waals surface area contributed by atoms with E-state index in [9.17, 15) is 4.79 Å². The Bertz CT molecular complexity index is 138. The first-order chi connectivity index (χ1) is 4.22. The number of carbonyl (C=O) groups excluding carboxylic acids is 1. The lowest BCUT2D eigenvalue weighted by molar-refractivity contribution is -0.115. The van der Waals surface area contributed by atoms with Gasteiger partial charge in [0, 0.05) is 12.3 Å². The Kier molecular flexibility index (Phi) is 4.08. The van der Waals surface area contributed by atoms with Gasteiger partial charge in [-0.25, -0.2) is 0 Å². The van der Waals surface area contributed by atoms with Crippen molar-refractivity contribution in [1.29, 1.82) is 5.26 Å². The quantitative estimate of drug-likeness (QED) is 0.567. The van der Waals surface area contributed by atoms with Gasteiger partial charge in [-0.1, -0.05) is 6.92 Å². The van der Waals surface area contributed by atoms with Crippen LogP contribution < -0.4 is 0 Å². The van der Waals surface area contributed by atoms with Crippen molar-refractivity contribution in [3.63, 3.8) is 0 Å². The van der Waals surface area contributed by atoms with Gasteiger partial charge in [-0.3, -0.25) is 4.79 Å². The number of halogens is 1. The summed E-state index contributed by atoms with van der Waals surface area (Å²) in [4.78, 5) is 10.4. The summed E-state index contributed by atoms with van der Waals surface area (Å²) in [5.41, 5.74) is 0. The lowest BCUT2D eigenvalue weighted by Gasteiger charge is -2.00. The average molecular weight is 146 g/mol. The third-order valence-corrected chi connectivity index (χ3v) is 1.46. The summed E-state index contributed by atoms with van der Waals surface area (Å²) < 4.78 is 0. The Morgan fingerprint density at radius 2 is 2.44 bits per heavy atom. The van der Waals surface area contributed by atoms with E-state index >= 15 is 0 Å². The van der Waals surface area contributed by atoms with Crippen LogP contribution in [0, 0.1) is 17.2 Å². The lowest BCUT2D eigenvalue weighted by atomic mass is 10.1. The molecule has 0 aliphatic rings. The number of rotatable bonds is 3. The molecule has 0 saturated heterocycles. The first kappa shape index (κ1) is 8.45. The van der Waals surface area contributed by atoms with E-state index < -0.39 is 5.24 Å². The maximum atomic E-state index is 10.4. The highest BCUT2D eigenvalue weighted by atomic mass is 35.5. The molecule has 0 aromatic heterocycles. The maximum Gasteiger partial charge on any atom is 0.225 e. The molecule has 0 saturated carbocycles. The monoisotopic (exact) mass is 145 g/mol. The van der Waals surface area contributed by atoms with Crippen molar-refractivity contribution >= 4 is 16.8 Å². The topological polar surface area (TPSA) is 40.9 Å². The molecule has 0 aliphatic heterocycles. The molecule has 3 heteroatoms. The molecule has 1 unspecified atom stereocenters. The van der Waals surface area contributed by atoms with Crippen LogP contribution in [0.4, 0.5) is 0 Å². The summed E-state index contributed by atoms with van der Waals surface area (Å²) in [5.74, 6) is -0.267. The van der Waals surface area contributed by atoms with Crippen molar-refractivity contribution in [2.75, 3.05) is 0 Å². The lowest BCUT2D eigenvalue weighted by Crippen LogP contribution is -2.05. The zero-order chi connectivity index (χ0) is 7.28. The van der Waals surface area contributed by atoms with Crippen molar-refractivity contribution in [3.05, 3.63) is 0 Å². The third-order valence-electron chi connectivity index (χ3n) is 1.15. The van der Waals surface area contributed by atoms with E-state index in [1.807, 2.05) is 13.0 Å².